The van der Waals surface area contributed by atoms with E-state index in [1.807, 2.05) is 19.1 Å². The van der Waals surface area contributed by atoms with Crippen molar-refractivity contribution >= 4 is 5.97 Å². The van der Waals surface area contributed by atoms with E-state index in [1.165, 1.54) is 5.56 Å². The van der Waals surface area contributed by atoms with Gasteiger partial charge in [-0.3, -0.25) is 4.98 Å². The summed E-state index contributed by atoms with van der Waals surface area (Å²) in [4.78, 5) is 16.5. The molecule has 0 fully saturated rings. The van der Waals surface area contributed by atoms with Gasteiger partial charge in [0.25, 0.3) is 0 Å². The average Bonchev–Trinajstić information content (AvgIpc) is 2.54. The van der Waals surface area contributed by atoms with Crippen molar-refractivity contribution in [2.24, 2.45) is 0 Å². The molecule has 0 saturated heterocycles. The number of esters is 1. The molecule has 0 bridgehead atoms. The van der Waals surface area contributed by atoms with E-state index in [0.717, 1.165) is 23.4 Å². The van der Waals surface area contributed by atoms with Gasteiger partial charge in [0.1, 0.15) is 0 Å². The van der Waals surface area contributed by atoms with Gasteiger partial charge in [0.05, 0.1) is 23.6 Å². The van der Waals surface area contributed by atoms with E-state index < -0.39 is 0 Å². The van der Waals surface area contributed by atoms with Gasteiger partial charge in [0, 0.05) is 5.56 Å². The zero-order valence-electron chi connectivity index (χ0n) is 12.8. The molecule has 1 aromatic heterocycles. The summed E-state index contributed by atoms with van der Waals surface area (Å²) in [5.41, 5.74) is 4.61. The summed E-state index contributed by atoms with van der Waals surface area (Å²) in [6.07, 6.45) is 1.73. The zero-order valence-corrected chi connectivity index (χ0v) is 12.8. The molecular weight excluding hydrogens is 262 g/mol. The van der Waals surface area contributed by atoms with Crippen LogP contribution in [0.5, 0.6) is 0 Å². The molecule has 0 aliphatic heterocycles. The third-order valence-corrected chi connectivity index (χ3v) is 3.46. The highest BCUT2D eigenvalue weighted by Gasteiger charge is 2.13. The molecule has 2 rings (SSSR count). The lowest BCUT2D eigenvalue weighted by atomic mass is 10.0. The second kappa shape index (κ2) is 7.02. The zero-order chi connectivity index (χ0) is 15.2. The Kier molecular flexibility index (Phi) is 5.09. The summed E-state index contributed by atoms with van der Waals surface area (Å²) in [7, 11) is 0. The molecular formula is C18H21NO2. The van der Waals surface area contributed by atoms with Crippen LogP contribution in [0.1, 0.15) is 42.4 Å². The standard InChI is InChI=1S/C18H21NO2/c1-4-13-7-9-14(10-8-13)17-12-11-15(16(5-2)19-17)18(20)21-6-3/h7-12H,4-6H2,1-3H3. The van der Waals surface area contributed by atoms with E-state index in [9.17, 15) is 4.79 Å². The second-order valence-corrected chi connectivity index (χ2v) is 4.82. The Hall–Kier alpha value is -2.16. The van der Waals surface area contributed by atoms with Gasteiger partial charge in [-0.05, 0) is 37.5 Å². The lowest BCUT2D eigenvalue weighted by molar-refractivity contribution is 0.0524. The molecule has 0 aliphatic carbocycles. The van der Waals surface area contributed by atoms with E-state index in [2.05, 4.69) is 36.2 Å². The van der Waals surface area contributed by atoms with Crippen LogP contribution in [0.15, 0.2) is 36.4 Å². The highest BCUT2D eigenvalue weighted by atomic mass is 16.5. The van der Waals surface area contributed by atoms with E-state index in [0.29, 0.717) is 18.6 Å². The van der Waals surface area contributed by atoms with Crippen LogP contribution < -0.4 is 0 Å². The summed E-state index contributed by atoms with van der Waals surface area (Å²) >= 11 is 0. The normalized spacial score (nSPS) is 10.4. The fourth-order valence-electron chi connectivity index (χ4n) is 2.24. The van der Waals surface area contributed by atoms with Crippen molar-refractivity contribution in [1.29, 1.82) is 0 Å². The predicted molar refractivity (Wildman–Crippen MR) is 84.4 cm³/mol. The fourth-order valence-corrected chi connectivity index (χ4v) is 2.24. The molecule has 0 amide bonds. The molecule has 0 radical (unpaired) electrons. The molecule has 3 nitrogen and oxygen atoms in total. The fraction of sp³-hybridized carbons (Fsp3) is 0.333. The largest absolute Gasteiger partial charge is 0.462 e. The van der Waals surface area contributed by atoms with Gasteiger partial charge in [-0.25, -0.2) is 4.79 Å². The number of nitrogens with zero attached hydrogens (tertiary/aromatic N) is 1. The molecule has 3 heteroatoms. The number of carbonyl (C=O) groups is 1. The van der Waals surface area contributed by atoms with Crippen molar-refractivity contribution in [3.63, 3.8) is 0 Å². The molecule has 0 N–H and O–H groups in total. The van der Waals surface area contributed by atoms with Gasteiger partial charge in [0.15, 0.2) is 0 Å². The number of carbonyl (C=O) groups excluding carboxylic acids is 1. The van der Waals surface area contributed by atoms with Gasteiger partial charge in [-0.2, -0.15) is 0 Å². The van der Waals surface area contributed by atoms with Crippen molar-refractivity contribution in [3.8, 4) is 11.3 Å². The van der Waals surface area contributed by atoms with Gasteiger partial charge >= 0.3 is 5.97 Å². The highest BCUT2D eigenvalue weighted by molar-refractivity contribution is 5.91. The Morgan fingerprint density at radius 1 is 1.00 bits per heavy atom. The van der Waals surface area contributed by atoms with Crippen LogP contribution in [-0.2, 0) is 17.6 Å². The maximum Gasteiger partial charge on any atom is 0.339 e. The Balaban J connectivity index is 2.35. The molecule has 0 spiro atoms. The van der Waals surface area contributed by atoms with Gasteiger partial charge in [0.2, 0.25) is 0 Å². The minimum atomic E-state index is -0.297. The summed E-state index contributed by atoms with van der Waals surface area (Å²) in [5.74, 6) is -0.297. The van der Waals surface area contributed by atoms with Crippen LogP contribution in [0.2, 0.25) is 0 Å². The molecule has 0 atom stereocenters. The first-order valence-electron chi connectivity index (χ1n) is 7.45. The number of ether oxygens (including phenoxy) is 1. The monoisotopic (exact) mass is 283 g/mol. The maximum absolute atomic E-state index is 11.9. The third-order valence-electron chi connectivity index (χ3n) is 3.46. The van der Waals surface area contributed by atoms with Gasteiger partial charge in [-0.1, -0.05) is 38.1 Å². The first-order chi connectivity index (χ1) is 10.2. The summed E-state index contributed by atoms with van der Waals surface area (Å²) in [6, 6.07) is 12.1. The molecule has 2 aromatic rings. The van der Waals surface area contributed by atoms with Crippen molar-refractivity contribution in [1.82, 2.24) is 4.98 Å². The number of hydrogen-bond donors (Lipinski definition) is 0. The molecule has 0 unspecified atom stereocenters. The minimum Gasteiger partial charge on any atom is -0.462 e. The molecule has 0 saturated carbocycles. The molecule has 0 aliphatic rings. The van der Waals surface area contributed by atoms with Crippen LogP contribution in [-0.4, -0.2) is 17.6 Å². The first-order valence-corrected chi connectivity index (χ1v) is 7.45. The van der Waals surface area contributed by atoms with Crippen LogP contribution in [0, 0.1) is 0 Å². The SMILES string of the molecule is CCOC(=O)c1ccc(-c2ccc(CC)cc2)nc1CC. The Labute approximate surface area is 126 Å². The van der Waals surface area contributed by atoms with E-state index in [4.69, 9.17) is 4.74 Å². The third kappa shape index (κ3) is 3.48. The smallest absolute Gasteiger partial charge is 0.339 e. The van der Waals surface area contributed by atoms with Crippen LogP contribution in [0.4, 0.5) is 0 Å². The molecule has 1 aromatic carbocycles. The number of pyridine rings is 1. The van der Waals surface area contributed by atoms with E-state index in [1.54, 1.807) is 6.92 Å². The minimum absolute atomic E-state index is 0.297. The lowest BCUT2D eigenvalue weighted by Gasteiger charge is -2.09. The number of benzene rings is 1. The van der Waals surface area contributed by atoms with Crippen LogP contribution >= 0.6 is 0 Å². The number of hydrogen-bond acceptors (Lipinski definition) is 3. The topological polar surface area (TPSA) is 39.2 Å². The number of aryl methyl sites for hydroxylation is 2. The Bertz CT molecular complexity index is 618. The molecule has 1 heterocycles. The quantitative estimate of drug-likeness (QED) is 0.777. The maximum atomic E-state index is 11.9. The average molecular weight is 283 g/mol. The molecule has 21 heavy (non-hydrogen) atoms. The van der Waals surface area contributed by atoms with E-state index in [-0.39, 0.29) is 5.97 Å². The summed E-state index contributed by atoms with van der Waals surface area (Å²) < 4.78 is 5.07. The number of aromatic nitrogens is 1. The van der Waals surface area contributed by atoms with Crippen molar-refractivity contribution < 1.29 is 9.53 Å². The lowest BCUT2D eigenvalue weighted by Crippen LogP contribution is -2.09. The predicted octanol–water partition coefficient (Wildman–Crippen LogP) is 4.05. The Morgan fingerprint density at radius 3 is 2.29 bits per heavy atom. The van der Waals surface area contributed by atoms with Gasteiger partial charge < -0.3 is 4.74 Å². The molecule has 110 valence electrons. The van der Waals surface area contributed by atoms with Crippen molar-refractivity contribution in [2.45, 2.75) is 33.6 Å². The number of rotatable bonds is 5. The van der Waals surface area contributed by atoms with E-state index >= 15 is 0 Å². The Morgan fingerprint density at radius 2 is 1.71 bits per heavy atom. The highest BCUT2D eigenvalue weighted by Crippen LogP contribution is 2.21. The van der Waals surface area contributed by atoms with Crippen molar-refractivity contribution in [2.75, 3.05) is 6.61 Å². The van der Waals surface area contributed by atoms with Crippen LogP contribution in [0.25, 0.3) is 11.3 Å². The first kappa shape index (κ1) is 15.2. The second-order valence-electron chi connectivity index (χ2n) is 4.82. The summed E-state index contributed by atoms with van der Waals surface area (Å²) in [6.45, 7) is 6.31. The van der Waals surface area contributed by atoms with Gasteiger partial charge in [-0.15, -0.1) is 0 Å². The summed E-state index contributed by atoms with van der Waals surface area (Å²) in [5, 5.41) is 0. The van der Waals surface area contributed by atoms with Crippen molar-refractivity contribution in [3.05, 3.63) is 53.2 Å². The van der Waals surface area contributed by atoms with Crippen LogP contribution in [0.3, 0.4) is 0 Å².